The van der Waals surface area contributed by atoms with Crippen LogP contribution in [-0.4, -0.2) is 53.9 Å². The molecule has 0 spiro atoms. The molecule has 7 nitrogen and oxygen atoms in total. The van der Waals surface area contributed by atoms with E-state index >= 15 is 0 Å². The average molecular weight is 479 g/mol. The van der Waals surface area contributed by atoms with Gasteiger partial charge in [0.2, 0.25) is 15.9 Å². The normalized spacial score (nSPS) is 15.5. The van der Waals surface area contributed by atoms with Crippen LogP contribution in [-0.2, 0) is 14.8 Å². The van der Waals surface area contributed by atoms with Crippen LogP contribution in [0, 0.1) is 0 Å². The molecular formula is C16H19ClN4O3S4. The van der Waals surface area contributed by atoms with Gasteiger partial charge in [-0.3, -0.25) is 4.79 Å². The molecule has 0 saturated carbocycles. The smallest absolute Gasteiger partial charge is 0.243 e. The molecule has 1 N–H and O–H groups in total. The molecule has 0 unspecified atom stereocenters. The summed E-state index contributed by atoms with van der Waals surface area (Å²) in [5.74, 6) is -0.164. The van der Waals surface area contributed by atoms with E-state index in [1.165, 1.54) is 57.4 Å². The zero-order valence-corrected chi connectivity index (χ0v) is 19.1. The van der Waals surface area contributed by atoms with Gasteiger partial charge in [0.15, 0.2) is 8.68 Å². The molecule has 0 bridgehead atoms. The second kappa shape index (κ2) is 9.77. The van der Waals surface area contributed by atoms with Crippen molar-refractivity contribution >= 4 is 68.1 Å². The number of amides is 1. The van der Waals surface area contributed by atoms with Crippen molar-refractivity contribution in [2.24, 2.45) is 0 Å². The minimum absolute atomic E-state index is 0.127. The van der Waals surface area contributed by atoms with Crippen molar-refractivity contribution in [3.8, 4) is 0 Å². The summed E-state index contributed by atoms with van der Waals surface area (Å²) in [6.07, 6.45) is 4.67. The number of halogens is 1. The van der Waals surface area contributed by atoms with Crippen molar-refractivity contribution in [3.63, 3.8) is 0 Å². The number of thioether (sulfide) groups is 2. The lowest BCUT2D eigenvalue weighted by atomic mass is 10.2. The number of anilines is 1. The van der Waals surface area contributed by atoms with E-state index < -0.39 is 10.0 Å². The molecule has 12 heteroatoms. The Balaban J connectivity index is 1.68. The molecule has 1 saturated heterocycles. The maximum absolute atomic E-state index is 12.8. The number of hydrogen-bond donors (Lipinski definition) is 1. The Hall–Kier alpha value is -0.850. The highest BCUT2D eigenvalue weighted by molar-refractivity contribution is 8.03. The highest BCUT2D eigenvalue weighted by atomic mass is 35.5. The largest absolute Gasteiger partial charge is 0.324 e. The highest BCUT2D eigenvalue weighted by Crippen LogP contribution is 2.30. The lowest BCUT2D eigenvalue weighted by molar-refractivity contribution is -0.113. The van der Waals surface area contributed by atoms with Crippen molar-refractivity contribution in [2.75, 3.05) is 30.4 Å². The first-order valence-electron chi connectivity index (χ1n) is 8.50. The van der Waals surface area contributed by atoms with Crippen LogP contribution in [0.15, 0.2) is 31.8 Å². The number of piperidine rings is 1. The third kappa shape index (κ3) is 5.39. The Morgan fingerprint density at radius 1 is 1.25 bits per heavy atom. The molecule has 152 valence electrons. The third-order valence-electron chi connectivity index (χ3n) is 4.05. The van der Waals surface area contributed by atoms with E-state index in [2.05, 4.69) is 15.5 Å². The van der Waals surface area contributed by atoms with Gasteiger partial charge in [-0.15, -0.1) is 10.2 Å². The molecule has 1 aliphatic rings. The van der Waals surface area contributed by atoms with E-state index in [4.69, 9.17) is 11.6 Å². The molecule has 2 aromatic rings. The van der Waals surface area contributed by atoms with Crippen LogP contribution in [0.4, 0.5) is 5.69 Å². The summed E-state index contributed by atoms with van der Waals surface area (Å²) < 4.78 is 28.7. The topological polar surface area (TPSA) is 92.3 Å². The zero-order valence-electron chi connectivity index (χ0n) is 15.1. The predicted octanol–water partition coefficient (Wildman–Crippen LogP) is 3.82. The zero-order chi connectivity index (χ0) is 20.1. The van der Waals surface area contributed by atoms with Crippen LogP contribution in [0.2, 0.25) is 5.02 Å². The van der Waals surface area contributed by atoms with E-state index in [0.29, 0.717) is 17.4 Å². The van der Waals surface area contributed by atoms with E-state index in [-0.39, 0.29) is 27.3 Å². The first-order valence-corrected chi connectivity index (χ1v) is 13.3. The number of aromatic nitrogens is 2. The fourth-order valence-corrected chi connectivity index (χ4v) is 6.61. The average Bonchev–Trinajstić information content (AvgIpc) is 3.17. The minimum Gasteiger partial charge on any atom is -0.324 e. The number of nitrogens with one attached hydrogen (secondary N) is 1. The van der Waals surface area contributed by atoms with Gasteiger partial charge in [0.25, 0.3) is 0 Å². The number of hydrogen-bond acceptors (Lipinski definition) is 8. The standard InChI is InChI=1S/C16H19ClN4O3S4/c1-25-15-19-20-16(27-15)26-10-14(22)18-13-9-11(5-6-12(13)17)28(23,24)21-7-3-2-4-8-21/h5-6,9H,2-4,7-8,10H2,1H3,(H,18,22). The van der Waals surface area contributed by atoms with Crippen molar-refractivity contribution < 1.29 is 13.2 Å². The monoisotopic (exact) mass is 478 g/mol. The summed E-state index contributed by atoms with van der Waals surface area (Å²) >= 11 is 10.4. The van der Waals surface area contributed by atoms with Gasteiger partial charge in [0, 0.05) is 13.1 Å². The first-order chi connectivity index (χ1) is 13.4. The highest BCUT2D eigenvalue weighted by Gasteiger charge is 2.26. The Bertz CT molecular complexity index is 945. The second-order valence-electron chi connectivity index (χ2n) is 5.98. The van der Waals surface area contributed by atoms with Crippen molar-refractivity contribution in [1.29, 1.82) is 0 Å². The van der Waals surface area contributed by atoms with Crippen LogP contribution in [0.5, 0.6) is 0 Å². The number of nitrogens with zero attached hydrogens (tertiary/aromatic N) is 3. The predicted molar refractivity (Wildman–Crippen MR) is 115 cm³/mol. The molecule has 1 amide bonds. The molecule has 0 radical (unpaired) electrons. The molecular weight excluding hydrogens is 460 g/mol. The van der Waals surface area contributed by atoms with Crippen molar-refractivity contribution in [3.05, 3.63) is 23.2 Å². The summed E-state index contributed by atoms with van der Waals surface area (Å²) in [6, 6.07) is 4.39. The fraction of sp³-hybridized carbons (Fsp3) is 0.438. The molecule has 1 aliphatic heterocycles. The summed E-state index contributed by atoms with van der Waals surface area (Å²) in [6.45, 7) is 1.03. The second-order valence-corrected chi connectivity index (χ2v) is 11.6. The van der Waals surface area contributed by atoms with Crippen LogP contribution in [0.3, 0.4) is 0 Å². The van der Waals surface area contributed by atoms with Gasteiger partial charge in [0.1, 0.15) is 0 Å². The molecule has 2 heterocycles. The number of benzene rings is 1. The lowest BCUT2D eigenvalue weighted by Gasteiger charge is -2.26. The number of carbonyl (C=O) groups excluding carboxylic acids is 1. The SMILES string of the molecule is CSc1nnc(SCC(=O)Nc2cc(S(=O)(=O)N3CCCCC3)ccc2Cl)s1. The van der Waals surface area contributed by atoms with Crippen molar-refractivity contribution in [2.45, 2.75) is 32.8 Å². The van der Waals surface area contributed by atoms with E-state index in [1.807, 2.05) is 6.26 Å². The summed E-state index contributed by atoms with van der Waals surface area (Å²) in [5.41, 5.74) is 0.285. The Kier molecular flexibility index (Phi) is 7.62. The lowest BCUT2D eigenvalue weighted by Crippen LogP contribution is -2.35. The van der Waals surface area contributed by atoms with Gasteiger partial charge in [-0.2, -0.15) is 4.31 Å². The van der Waals surface area contributed by atoms with Gasteiger partial charge in [0.05, 0.1) is 21.4 Å². The molecule has 28 heavy (non-hydrogen) atoms. The third-order valence-corrected chi connectivity index (χ3v) is 9.31. The molecule has 1 fully saturated rings. The minimum atomic E-state index is -3.59. The molecule has 1 aromatic heterocycles. The van der Waals surface area contributed by atoms with Gasteiger partial charge >= 0.3 is 0 Å². The maximum atomic E-state index is 12.8. The van der Waals surface area contributed by atoms with Crippen molar-refractivity contribution in [1.82, 2.24) is 14.5 Å². The van der Waals surface area contributed by atoms with E-state index in [0.717, 1.165) is 23.6 Å². The summed E-state index contributed by atoms with van der Waals surface area (Å²) in [5, 5.41) is 11.0. The summed E-state index contributed by atoms with van der Waals surface area (Å²) in [4.78, 5) is 12.4. The molecule has 3 rings (SSSR count). The first kappa shape index (κ1) is 21.8. The fourth-order valence-electron chi connectivity index (χ4n) is 2.67. The maximum Gasteiger partial charge on any atom is 0.243 e. The summed E-state index contributed by atoms with van der Waals surface area (Å²) in [7, 11) is -3.59. The van der Waals surface area contributed by atoms with Gasteiger partial charge in [-0.25, -0.2) is 8.42 Å². The van der Waals surface area contributed by atoms with Gasteiger partial charge in [-0.05, 0) is 37.3 Å². The Labute approximate surface area is 181 Å². The van der Waals surface area contributed by atoms with Crippen LogP contribution >= 0.6 is 46.5 Å². The molecule has 0 aliphatic carbocycles. The van der Waals surface area contributed by atoms with Crippen LogP contribution < -0.4 is 5.32 Å². The van der Waals surface area contributed by atoms with Gasteiger partial charge in [-0.1, -0.05) is 52.9 Å². The van der Waals surface area contributed by atoms with E-state index in [1.54, 1.807) is 0 Å². The number of rotatable bonds is 7. The quantitative estimate of drug-likeness (QED) is 0.604. The number of sulfonamides is 1. The number of carbonyl (C=O) groups is 1. The van der Waals surface area contributed by atoms with Crippen LogP contribution in [0.1, 0.15) is 19.3 Å². The van der Waals surface area contributed by atoms with E-state index in [9.17, 15) is 13.2 Å². The molecule has 0 atom stereocenters. The molecule has 1 aromatic carbocycles. The van der Waals surface area contributed by atoms with Gasteiger partial charge < -0.3 is 5.32 Å². The Morgan fingerprint density at radius 3 is 2.64 bits per heavy atom. The Morgan fingerprint density at radius 2 is 1.96 bits per heavy atom. The van der Waals surface area contributed by atoms with Crippen LogP contribution in [0.25, 0.3) is 0 Å².